The summed E-state index contributed by atoms with van der Waals surface area (Å²) in [5.74, 6) is 2.03. The molecule has 8 nitrogen and oxygen atoms in total. The SMILES string of the molecule is CCOc1ccccc1Oc1ccc(CNC(=O)c2cc(C3CC3)nc3c2c(C)nn3C)cn1. The molecule has 0 unspecified atom stereocenters. The minimum atomic E-state index is -0.142. The lowest BCUT2D eigenvalue weighted by atomic mass is 10.1. The number of hydrogen-bond acceptors (Lipinski definition) is 6. The van der Waals surface area contributed by atoms with E-state index in [2.05, 4.69) is 15.4 Å². The van der Waals surface area contributed by atoms with Crippen molar-refractivity contribution in [2.75, 3.05) is 6.61 Å². The quantitative estimate of drug-likeness (QED) is 0.413. The second-order valence-corrected chi connectivity index (χ2v) is 8.45. The maximum atomic E-state index is 13.2. The monoisotopic (exact) mass is 457 g/mol. The van der Waals surface area contributed by atoms with Crippen molar-refractivity contribution in [2.45, 2.75) is 39.2 Å². The normalized spacial score (nSPS) is 13.1. The van der Waals surface area contributed by atoms with Crippen LogP contribution < -0.4 is 14.8 Å². The number of carbonyl (C=O) groups excluding carboxylic acids is 1. The van der Waals surface area contributed by atoms with Crippen molar-refractivity contribution in [2.24, 2.45) is 7.05 Å². The summed E-state index contributed by atoms with van der Waals surface area (Å²) in [4.78, 5) is 22.3. The van der Waals surface area contributed by atoms with E-state index < -0.39 is 0 Å². The number of hydrogen-bond donors (Lipinski definition) is 1. The largest absolute Gasteiger partial charge is 0.490 e. The van der Waals surface area contributed by atoms with Gasteiger partial charge in [0.15, 0.2) is 17.1 Å². The molecular weight excluding hydrogens is 430 g/mol. The highest BCUT2D eigenvalue weighted by atomic mass is 16.5. The zero-order valence-corrected chi connectivity index (χ0v) is 19.5. The van der Waals surface area contributed by atoms with Crippen molar-refractivity contribution in [3.8, 4) is 17.4 Å². The predicted octanol–water partition coefficient (Wildman–Crippen LogP) is 4.67. The van der Waals surface area contributed by atoms with Crippen molar-refractivity contribution < 1.29 is 14.3 Å². The van der Waals surface area contributed by atoms with Crippen LogP contribution in [0, 0.1) is 6.92 Å². The summed E-state index contributed by atoms with van der Waals surface area (Å²) in [6, 6.07) is 13.1. The average Bonchev–Trinajstić information content (AvgIpc) is 3.65. The number of fused-ring (bicyclic) bond motifs is 1. The molecule has 1 aliphatic carbocycles. The van der Waals surface area contributed by atoms with Gasteiger partial charge < -0.3 is 14.8 Å². The maximum Gasteiger partial charge on any atom is 0.252 e. The van der Waals surface area contributed by atoms with E-state index in [1.807, 2.05) is 57.3 Å². The standard InChI is InChI=1S/C26H27N5O3/c1-4-33-21-7-5-6-8-22(21)34-23-12-9-17(14-27-23)15-28-26(32)19-13-20(18-10-11-18)29-25-24(19)16(2)30-31(25)3/h5-9,12-14,18H,4,10-11,15H2,1-3H3,(H,28,32). The van der Waals surface area contributed by atoms with Crippen LogP contribution in [0.2, 0.25) is 0 Å². The molecule has 0 atom stereocenters. The number of para-hydroxylation sites is 2. The molecule has 0 spiro atoms. The lowest BCUT2D eigenvalue weighted by Gasteiger charge is -2.11. The van der Waals surface area contributed by atoms with E-state index in [4.69, 9.17) is 14.5 Å². The number of nitrogens with zero attached hydrogens (tertiary/aromatic N) is 4. The molecule has 3 aromatic heterocycles. The molecule has 3 heterocycles. The zero-order chi connectivity index (χ0) is 23.7. The molecule has 1 N–H and O–H groups in total. The van der Waals surface area contributed by atoms with Crippen LogP contribution >= 0.6 is 0 Å². The molecule has 0 aliphatic heterocycles. The van der Waals surface area contributed by atoms with Crippen LogP contribution in [0.1, 0.15) is 53.0 Å². The van der Waals surface area contributed by atoms with Gasteiger partial charge in [-0.1, -0.05) is 18.2 Å². The molecule has 4 aromatic rings. The van der Waals surface area contributed by atoms with E-state index >= 15 is 0 Å². The number of pyridine rings is 2. The predicted molar refractivity (Wildman–Crippen MR) is 128 cm³/mol. The summed E-state index contributed by atoms with van der Waals surface area (Å²) in [5, 5.41) is 8.30. The molecule has 5 rings (SSSR count). The summed E-state index contributed by atoms with van der Waals surface area (Å²) in [7, 11) is 1.86. The van der Waals surface area contributed by atoms with Crippen molar-refractivity contribution in [3.63, 3.8) is 0 Å². The molecule has 1 saturated carbocycles. The van der Waals surface area contributed by atoms with Gasteiger partial charge in [-0.3, -0.25) is 9.48 Å². The Balaban J connectivity index is 1.30. The topological polar surface area (TPSA) is 91.2 Å². The van der Waals surface area contributed by atoms with Crippen LogP contribution in [0.4, 0.5) is 0 Å². The number of aromatic nitrogens is 4. The highest BCUT2D eigenvalue weighted by Gasteiger charge is 2.28. The van der Waals surface area contributed by atoms with Gasteiger partial charge in [-0.15, -0.1) is 0 Å². The first-order valence-corrected chi connectivity index (χ1v) is 11.5. The van der Waals surface area contributed by atoms with Crippen LogP contribution in [-0.2, 0) is 13.6 Å². The Hall–Kier alpha value is -3.94. The number of benzene rings is 1. The van der Waals surface area contributed by atoms with Crippen molar-refractivity contribution in [3.05, 3.63) is 71.2 Å². The molecule has 1 fully saturated rings. The van der Waals surface area contributed by atoms with E-state index in [-0.39, 0.29) is 5.91 Å². The molecule has 0 bridgehead atoms. The van der Waals surface area contributed by atoms with Gasteiger partial charge in [0.1, 0.15) is 0 Å². The molecular formula is C26H27N5O3. The van der Waals surface area contributed by atoms with Gasteiger partial charge in [0.25, 0.3) is 5.91 Å². The van der Waals surface area contributed by atoms with E-state index in [1.165, 1.54) is 0 Å². The van der Waals surface area contributed by atoms with Crippen LogP contribution in [0.25, 0.3) is 11.0 Å². The number of aryl methyl sites for hydroxylation is 2. The number of carbonyl (C=O) groups is 1. The van der Waals surface area contributed by atoms with Crippen LogP contribution in [0.3, 0.4) is 0 Å². The van der Waals surface area contributed by atoms with Crippen LogP contribution in [0.15, 0.2) is 48.7 Å². The minimum absolute atomic E-state index is 0.142. The van der Waals surface area contributed by atoms with Crippen LogP contribution in [-0.4, -0.2) is 32.3 Å². The number of amides is 1. The smallest absolute Gasteiger partial charge is 0.252 e. The molecule has 34 heavy (non-hydrogen) atoms. The van der Waals surface area contributed by atoms with E-state index in [0.717, 1.165) is 40.8 Å². The summed E-state index contributed by atoms with van der Waals surface area (Å²) >= 11 is 0. The van der Waals surface area contributed by atoms with Crippen molar-refractivity contribution in [1.82, 2.24) is 25.1 Å². The van der Waals surface area contributed by atoms with E-state index in [9.17, 15) is 4.79 Å². The van der Waals surface area contributed by atoms with Gasteiger partial charge in [-0.2, -0.15) is 5.10 Å². The second-order valence-electron chi connectivity index (χ2n) is 8.45. The Kier molecular flexibility index (Phi) is 5.88. The Morgan fingerprint density at radius 3 is 2.68 bits per heavy atom. The highest BCUT2D eigenvalue weighted by molar-refractivity contribution is 6.06. The number of ether oxygens (including phenoxy) is 2. The molecule has 174 valence electrons. The zero-order valence-electron chi connectivity index (χ0n) is 19.5. The lowest BCUT2D eigenvalue weighted by Crippen LogP contribution is -2.23. The minimum Gasteiger partial charge on any atom is -0.490 e. The molecule has 1 aromatic carbocycles. The number of nitrogens with one attached hydrogen (secondary N) is 1. The van der Waals surface area contributed by atoms with Crippen LogP contribution in [0.5, 0.6) is 17.4 Å². The fraction of sp³-hybridized carbons (Fsp3) is 0.308. The molecule has 1 aliphatic rings. The van der Waals surface area contributed by atoms with Gasteiger partial charge in [0.05, 0.1) is 23.3 Å². The lowest BCUT2D eigenvalue weighted by molar-refractivity contribution is 0.0952. The fourth-order valence-electron chi connectivity index (χ4n) is 4.01. The molecule has 0 radical (unpaired) electrons. The number of rotatable bonds is 8. The Morgan fingerprint density at radius 1 is 1.18 bits per heavy atom. The maximum absolute atomic E-state index is 13.2. The first kappa shape index (κ1) is 21.9. The third kappa shape index (κ3) is 4.44. The van der Waals surface area contributed by atoms with Gasteiger partial charge in [0.2, 0.25) is 5.88 Å². The van der Waals surface area contributed by atoms with Gasteiger partial charge in [0, 0.05) is 37.5 Å². The average molecular weight is 458 g/mol. The Labute approximate surface area is 197 Å². The third-order valence-electron chi connectivity index (χ3n) is 5.84. The fourth-order valence-corrected chi connectivity index (χ4v) is 4.01. The summed E-state index contributed by atoms with van der Waals surface area (Å²) < 4.78 is 13.2. The van der Waals surface area contributed by atoms with Gasteiger partial charge in [-0.25, -0.2) is 9.97 Å². The van der Waals surface area contributed by atoms with Crippen molar-refractivity contribution in [1.29, 1.82) is 0 Å². The van der Waals surface area contributed by atoms with E-state index in [1.54, 1.807) is 16.9 Å². The molecule has 0 saturated heterocycles. The summed E-state index contributed by atoms with van der Waals surface area (Å²) in [5.41, 5.74) is 4.01. The van der Waals surface area contributed by atoms with E-state index in [0.29, 0.717) is 42.0 Å². The summed E-state index contributed by atoms with van der Waals surface area (Å²) in [6.45, 7) is 4.74. The van der Waals surface area contributed by atoms with Gasteiger partial charge >= 0.3 is 0 Å². The Morgan fingerprint density at radius 2 is 1.97 bits per heavy atom. The molecule has 1 amide bonds. The van der Waals surface area contributed by atoms with Gasteiger partial charge in [-0.05, 0) is 50.5 Å². The Bertz CT molecular complexity index is 1340. The first-order chi connectivity index (χ1) is 16.5. The molecule has 8 heteroatoms. The highest BCUT2D eigenvalue weighted by Crippen LogP contribution is 2.40. The second kappa shape index (κ2) is 9.13. The third-order valence-corrected chi connectivity index (χ3v) is 5.84. The van der Waals surface area contributed by atoms with Crippen molar-refractivity contribution >= 4 is 16.9 Å². The summed E-state index contributed by atoms with van der Waals surface area (Å²) in [6.07, 6.45) is 3.93. The first-order valence-electron chi connectivity index (χ1n) is 11.5.